The number of ketones is 2. The number of rotatable bonds is 20. The summed E-state index contributed by atoms with van der Waals surface area (Å²) in [7, 11) is 2.38. The Labute approximate surface area is 378 Å². The SMILES string of the molecule is COc1cc(C(=O)Oc2ccc(/C=C/C(=O)CC(Cc3ccc(N)cc3)C(O)(O)C(=O)/C=C/c3ccc(OC(=O)c4ccc(OCC(F)(F)F)c(OC)c4)cc3)cc2)ccc1OCC(F)(F)F. The van der Waals surface area contributed by atoms with Gasteiger partial charge in [0.25, 0.3) is 0 Å². The van der Waals surface area contributed by atoms with Crippen molar-refractivity contribution >= 4 is 41.3 Å². The smallest absolute Gasteiger partial charge is 0.422 e. The van der Waals surface area contributed by atoms with E-state index in [1.165, 1.54) is 93.1 Å². The molecule has 0 aromatic heterocycles. The molecule has 67 heavy (non-hydrogen) atoms. The number of carbonyl (C=O) groups excluding carboxylic acids is 4. The molecular weight excluding hydrogens is 897 g/mol. The highest BCUT2D eigenvalue weighted by Gasteiger charge is 2.41. The molecule has 4 N–H and O–H groups in total. The number of allylic oxidation sites excluding steroid dienone is 1. The van der Waals surface area contributed by atoms with Crippen LogP contribution < -0.4 is 34.2 Å². The standard InChI is InChI=1S/C48H41F6NO12/c1-62-41-24-32(11-20-39(41)64-27-46(49,50)51)44(58)66-37-16-6-29(7-17-37)5-15-36(56)26-34(23-31-3-13-35(55)14-4-31)48(60,61)43(57)22-10-30-8-18-38(19-9-30)67-45(59)33-12-21-40(42(25-33)63-2)65-28-47(52,53)54/h3-22,24-25,34,60-61H,23,26-28,55H2,1-2H3/b15-5+,22-10+. The zero-order valence-corrected chi connectivity index (χ0v) is 35.4. The number of alkyl halides is 6. The maximum Gasteiger partial charge on any atom is 0.422 e. The fraction of sp³-hybridized carbons (Fsp3) is 0.208. The van der Waals surface area contributed by atoms with E-state index in [1.807, 2.05) is 0 Å². The van der Waals surface area contributed by atoms with Gasteiger partial charge in [-0.2, -0.15) is 26.3 Å². The van der Waals surface area contributed by atoms with E-state index in [2.05, 4.69) is 0 Å². The molecule has 5 aromatic rings. The van der Waals surface area contributed by atoms with Crippen LogP contribution >= 0.6 is 0 Å². The second-order valence-electron chi connectivity index (χ2n) is 14.5. The molecule has 0 aliphatic rings. The van der Waals surface area contributed by atoms with Gasteiger partial charge < -0.3 is 44.4 Å². The number of halogens is 6. The molecule has 0 saturated carbocycles. The molecule has 0 fully saturated rings. The predicted octanol–water partition coefficient (Wildman–Crippen LogP) is 8.40. The summed E-state index contributed by atoms with van der Waals surface area (Å²) in [5, 5.41) is 22.5. The summed E-state index contributed by atoms with van der Waals surface area (Å²) in [6.45, 7) is -3.13. The monoisotopic (exact) mass is 937 g/mol. The lowest BCUT2D eigenvalue weighted by Gasteiger charge is -2.28. The maximum absolute atomic E-state index is 13.4. The minimum Gasteiger partial charge on any atom is -0.493 e. The number of ether oxygens (including phenoxy) is 6. The van der Waals surface area contributed by atoms with E-state index >= 15 is 0 Å². The maximum atomic E-state index is 13.4. The third kappa shape index (κ3) is 15.2. The van der Waals surface area contributed by atoms with E-state index in [4.69, 9.17) is 34.2 Å². The average Bonchev–Trinajstić information content (AvgIpc) is 3.29. The van der Waals surface area contributed by atoms with Crippen molar-refractivity contribution in [2.45, 2.75) is 31.0 Å². The quantitative estimate of drug-likeness (QED) is 0.0169. The van der Waals surface area contributed by atoms with Crippen molar-refractivity contribution in [3.05, 3.63) is 149 Å². The van der Waals surface area contributed by atoms with Gasteiger partial charge in [0.1, 0.15) is 11.5 Å². The van der Waals surface area contributed by atoms with Gasteiger partial charge in [-0.1, -0.05) is 48.6 Å². The molecule has 0 radical (unpaired) electrons. The van der Waals surface area contributed by atoms with Gasteiger partial charge in [0.05, 0.1) is 25.3 Å². The van der Waals surface area contributed by atoms with E-state index in [-0.39, 0.29) is 52.0 Å². The van der Waals surface area contributed by atoms with Gasteiger partial charge in [-0.15, -0.1) is 0 Å². The number of carbonyl (C=O) groups is 4. The van der Waals surface area contributed by atoms with Crippen LogP contribution in [-0.4, -0.2) is 79.3 Å². The number of methoxy groups -OCH3 is 2. The van der Waals surface area contributed by atoms with E-state index in [1.54, 1.807) is 24.3 Å². The molecule has 0 aliphatic heterocycles. The molecule has 0 spiro atoms. The first-order chi connectivity index (χ1) is 31.6. The van der Waals surface area contributed by atoms with Crippen LogP contribution in [0.3, 0.4) is 0 Å². The molecule has 5 aromatic carbocycles. The second kappa shape index (κ2) is 22.0. The van der Waals surface area contributed by atoms with Crippen molar-refractivity contribution in [1.82, 2.24) is 0 Å². The van der Waals surface area contributed by atoms with Crippen molar-refractivity contribution in [3.8, 4) is 34.5 Å². The Bertz CT molecular complexity index is 2590. The average molecular weight is 938 g/mol. The fourth-order valence-corrected chi connectivity index (χ4v) is 6.06. The largest absolute Gasteiger partial charge is 0.493 e. The summed E-state index contributed by atoms with van der Waals surface area (Å²) in [5.74, 6) is -8.42. The number of hydrogen-bond acceptors (Lipinski definition) is 13. The highest BCUT2D eigenvalue weighted by atomic mass is 19.4. The van der Waals surface area contributed by atoms with Crippen LogP contribution in [0.1, 0.15) is 43.8 Å². The van der Waals surface area contributed by atoms with Gasteiger partial charge in [0.15, 0.2) is 42.0 Å². The van der Waals surface area contributed by atoms with Crippen molar-refractivity contribution in [3.63, 3.8) is 0 Å². The Kier molecular flexibility index (Phi) is 16.6. The van der Waals surface area contributed by atoms with Crippen molar-refractivity contribution < 1.29 is 84.2 Å². The topological polar surface area (TPSA) is 190 Å². The zero-order chi connectivity index (χ0) is 48.9. The Morgan fingerprint density at radius 1 is 0.597 bits per heavy atom. The molecule has 1 unspecified atom stereocenters. The number of benzene rings is 5. The number of anilines is 1. The highest BCUT2D eigenvalue weighted by Crippen LogP contribution is 2.33. The van der Waals surface area contributed by atoms with E-state index in [9.17, 15) is 55.7 Å². The Morgan fingerprint density at radius 2 is 1.03 bits per heavy atom. The van der Waals surface area contributed by atoms with Gasteiger partial charge >= 0.3 is 24.3 Å². The minimum absolute atomic E-state index is 0.0392. The fourth-order valence-electron chi connectivity index (χ4n) is 6.06. The molecule has 0 aliphatic carbocycles. The Hall–Kier alpha value is -7.64. The van der Waals surface area contributed by atoms with E-state index in [0.717, 1.165) is 30.3 Å². The van der Waals surface area contributed by atoms with Crippen LogP contribution in [0, 0.1) is 5.92 Å². The van der Waals surface area contributed by atoms with Crippen LogP contribution in [0.4, 0.5) is 32.0 Å². The molecule has 352 valence electrons. The summed E-state index contributed by atoms with van der Waals surface area (Å²) >= 11 is 0. The van der Waals surface area contributed by atoms with Gasteiger partial charge in [-0.3, -0.25) is 9.59 Å². The molecular formula is C48H41F6NO12. The third-order valence-electron chi connectivity index (χ3n) is 9.49. The van der Waals surface area contributed by atoms with Crippen LogP contribution in [0.15, 0.2) is 121 Å². The van der Waals surface area contributed by atoms with Gasteiger partial charge in [0.2, 0.25) is 11.6 Å². The Morgan fingerprint density at radius 3 is 1.45 bits per heavy atom. The molecule has 1 atom stereocenters. The molecule has 0 bridgehead atoms. The first kappa shape index (κ1) is 50.4. The lowest BCUT2D eigenvalue weighted by atomic mass is 9.84. The Balaban J connectivity index is 1.21. The van der Waals surface area contributed by atoms with Gasteiger partial charge in [0, 0.05) is 18.0 Å². The van der Waals surface area contributed by atoms with Crippen LogP contribution in [0.25, 0.3) is 12.2 Å². The molecule has 0 heterocycles. The number of nitrogen functional groups attached to an aromatic ring is 1. The third-order valence-corrected chi connectivity index (χ3v) is 9.49. The summed E-state index contributed by atoms with van der Waals surface area (Å²) in [6.07, 6.45) is -5.02. The molecule has 5 rings (SSSR count). The van der Waals surface area contributed by atoms with E-state index in [0.29, 0.717) is 22.4 Å². The molecule has 13 nitrogen and oxygen atoms in total. The summed E-state index contributed by atoms with van der Waals surface area (Å²) in [4.78, 5) is 52.2. The first-order valence-electron chi connectivity index (χ1n) is 19.7. The van der Waals surface area contributed by atoms with Gasteiger partial charge in [-0.25, -0.2) is 9.59 Å². The molecule has 19 heteroatoms. The second-order valence-corrected chi connectivity index (χ2v) is 14.5. The number of esters is 2. The zero-order valence-electron chi connectivity index (χ0n) is 35.4. The summed E-state index contributed by atoms with van der Waals surface area (Å²) < 4.78 is 106. The first-order valence-corrected chi connectivity index (χ1v) is 19.7. The van der Waals surface area contributed by atoms with Crippen molar-refractivity contribution in [2.24, 2.45) is 5.92 Å². The van der Waals surface area contributed by atoms with Crippen molar-refractivity contribution in [1.29, 1.82) is 0 Å². The summed E-state index contributed by atoms with van der Waals surface area (Å²) in [5.41, 5.74) is 7.53. The number of hydrogen-bond donors (Lipinski definition) is 3. The van der Waals surface area contributed by atoms with Crippen LogP contribution in [0.2, 0.25) is 0 Å². The van der Waals surface area contributed by atoms with Crippen LogP contribution in [0.5, 0.6) is 34.5 Å². The highest BCUT2D eigenvalue weighted by molar-refractivity contribution is 6.00. The van der Waals surface area contributed by atoms with Gasteiger partial charge in [-0.05, 0) is 108 Å². The lowest BCUT2D eigenvalue weighted by Crippen LogP contribution is -2.46. The predicted molar refractivity (Wildman–Crippen MR) is 230 cm³/mol. The molecule has 0 saturated heterocycles. The lowest BCUT2D eigenvalue weighted by molar-refractivity contribution is -0.199. The normalized spacial score (nSPS) is 12.4. The number of nitrogens with two attached hydrogens (primary N) is 1. The number of aliphatic hydroxyl groups is 2. The minimum atomic E-state index is -4.59. The molecule has 0 amide bonds. The van der Waals surface area contributed by atoms with E-state index < -0.39 is 67.2 Å². The van der Waals surface area contributed by atoms with Crippen molar-refractivity contribution in [2.75, 3.05) is 33.2 Å². The van der Waals surface area contributed by atoms with Crippen LogP contribution in [-0.2, 0) is 16.0 Å². The summed E-state index contributed by atoms with van der Waals surface area (Å²) in [6, 6.07) is 24.9.